The third-order valence-electron chi connectivity index (χ3n) is 5.22. The van der Waals surface area contributed by atoms with Gasteiger partial charge in [-0.3, -0.25) is 21.3 Å². The Bertz CT molecular complexity index is 1110. The van der Waals surface area contributed by atoms with E-state index in [0.717, 1.165) is 29.2 Å². The SMILES string of the molecule is CC(C(=O)Cc1cc[c-]cc1)c1cccc(C(=O)c2ccccc2)c1.[CH2-]C(=O)OCCSSCCOC.[Y]. The van der Waals surface area contributed by atoms with Crippen molar-refractivity contribution < 1.29 is 56.6 Å². The van der Waals surface area contributed by atoms with Gasteiger partial charge < -0.3 is 9.47 Å². The third-order valence-corrected chi connectivity index (χ3v) is 7.55. The Kier molecular flexibility index (Phi) is 18.0. The van der Waals surface area contributed by atoms with Gasteiger partial charge in [-0.1, -0.05) is 77.0 Å². The van der Waals surface area contributed by atoms with Crippen LogP contribution in [0.1, 0.15) is 39.9 Å². The minimum Gasteiger partial charge on any atom is -0.487 e. The minimum atomic E-state index is -0.461. The first-order valence-corrected chi connectivity index (χ1v) is 14.3. The van der Waals surface area contributed by atoms with Crippen LogP contribution >= 0.6 is 21.6 Å². The molecular weight excluding hydrogens is 593 g/mol. The Morgan fingerprint density at radius 3 is 2.16 bits per heavy atom. The average molecular weight is 626 g/mol. The summed E-state index contributed by atoms with van der Waals surface area (Å²) >= 11 is 0. The normalized spacial score (nSPS) is 10.8. The second kappa shape index (κ2) is 20.1. The van der Waals surface area contributed by atoms with Crippen molar-refractivity contribution in [1.82, 2.24) is 0 Å². The zero-order chi connectivity index (χ0) is 26.9. The van der Waals surface area contributed by atoms with E-state index in [0.29, 0.717) is 24.2 Å². The van der Waals surface area contributed by atoms with E-state index in [4.69, 9.17) is 4.74 Å². The monoisotopic (exact) mass is 625 g/mol. The Balaban J connectivity index is 0.000000475. The number of benzene rings is 3. The number of carbonyl (C=O) groups excluding carboxylic acids is 3. The molecule has 0 heterocycles. The number of hydrogen-bond donors (Lipinski definition) is 0. The standard InChI is InChI=1S/C23H19O2.C7H13O3S2.Y/c1-17(22(24)15-18-9-4-2-5-10-18)20-13-8-14-21(16-20)23(25)19-11-6-3-7-12-19;1-7(8)10-4-6-12-11-5-3-9-2;/h3-14,16-17H,15H2,1H3;1,3-6H2,2H3;/q2*-1;. The molecule has 1 unspecified atom stereocenters. The van der Waals surface area contributed by atoms with Crippen LogP contribution in [-0.4, -0.2) is 49.4 Å². The zero-order valence-electron chi connectivity index (χ0n) is 21.8. The smallest absolute Gasteiger partial charge is 0.193 e. The summed E-state index contributed by atoms with van der Waals surface area (Å²) in [6, 6.07) is 26.9. The number of carbonyl (C=O) groups is 3. The molecule has 199 valence electrons. The van der Waals surface area contributed by atoms with Gasteiger partial charge in [-0.15, -0.1) is 0 Å². The summed E-state index contributed by atoms with van der Waals surface area (Å²) in [6.07, 6.45) is 0.382. The molecule has 1 radical (unpaired) electrons. The Labute approximate surface area is 259 Å². The molecule has 0 aliphatic carbocycles. The molecule has 3 aromatic rings. The van der Waals surface area contributed by atoms with Gasteiger partial charge in [0.15, 0.2) is 11.8 Å². The van der Waals surface area contributed by atoms with E-state index in [1.807, 2.05) is 67.6 Å². The van der Waals surface area contributed by atoms with Crippen molar-refractivity contribution in [3.63, 3.8) is 0 Å². The Morgan fingerprint density at radius 2 is 1.53 bits per heavy atom. The predicted octanol–water partition coefficient (Wildman–Crippen LogP) is 6.02. The number of methoxy groups -OCH3 is 1. The molecule has 0 amide bonds. The molecule has 3 aromatic carbocycles. The molecule has 0 aliphatic rings. The van der Waals surface area contributed by atoms with Crippen molar-refractivity contribution in [2.24, 2.45) is 0 Å². The molecule has 5 nitrogen and oxygen atoms in total. The Morgan fingerprint density at radius 1 is 0.895 bits per heavy atom. The van der Waals surface area contributed by atoms with Crippen molar-refractivity contribution >= 4 is 39.1 Å². The van der Waals surface area contributed by atoms with Crippen molar-refractivity contribution in [3.8, 4) is 0 Å². The van der Waals surface area contributed by atoms with Gasteiger partial charge in [-0.05, 0) is 11.6 Å². The Hall–Kier alpha value is -1.90. The summed E-state index contributed by atoms with van der Waals surface area (Å²) in [4.78, 5) is 35.4. The van der Waals surface area contributed by atoms with Crippen LogP contribution < -0.4 is 0 Å². The topological polar surface area (TPSA) is 69.7 Å². The van der Waals surface area contributed by atoms with E-state index in [-0.39, 0.29) is 50.2 Å². The number of ketones is 2. The zero-order valence-corrected chi connectivity index (χ0v) is 26.2. The number of Topliss-reactive ketones (excluding diaryl/α,β-unsaturated/α-hetero) is 1. The second-order valence-corrected chi connectivity index (χ2v) is 10.7. The van der Waals surface area contributed by atoms with Gasteiger partial charge in [-0.25, -0.2) is 0 Å². The maximum atomic E-state index is 12.6. The largest absolute Gasteiger partial charge is 0.487 e. The number of hydrogen-bond acceptors (Lipinski definition) is 7. The average Bonchev–Trinajstić information content (AvgIpc) is 2.93. The first-order valence-electron chi connectivity index (χ1n) is 11.8. The summed E-state index contributed by atoms with van der Waals surface area (Å²) in [5.41, 5.74) is 3.11. The van der Waals surface area contributed by atoms with Crippen LogP contribution in [0.5, 0.6) is 0 Å². The van der Waals surface area contributed by atoms with E-state index in [2.05, 4.69) is 17.7 Å². The molecule has 0 aromatic heterocycles. The van der Waals surface area contributed by atoms with Gasteiger partial charge >= 0.3 is 0 Å². The summed E-state index contributed by atoms with van der Waals surface area (Å²) in [5, 5.41) is 0. The summed E-state index contributed by atoms with van der Waals surface area (Å²) in [7, 11) is 5.05. The molecule has 38 heavy (non-hydrogen) atoms. The molecule has 0 saturated carbocycles. The van der Waals surface area contributed by atoms with Crippen molar-refractivity contribution in [3.05, 3.63) is 114 Å². The molecule has 3 rings (SSSR count). The van der Waals surface area contributed by atoms with Crippen molar-refractivity contribution in [1.29, 1.82) is 0 Å². The van der Waals surface area contributed by atoms with Crippen molar-refractivity contribution in [2.75, 3.05) is 31.8 Å². The quantitative estimate of drug-likeness (QED) is 0.0757. The van der Waals surface area contributed by atoms with Crippen molar-refractivity contribution in [2.45, 2.75) is 19.3 Å². The first-order chi connectivity index (χ1) is 17.9. The first kappa shape index (κ1) is 34.1. The number of ether oxygens (including phenoxy) is 2. The molecule has 0 fully saturated rings. The fourth-order valence-electron chi connectivity index (χ4n) is 3.21. The van der Waals surface area contributed by atoms with Gasteiger partial charge in [0, 0.05) is 74.8 Å². The fraction of sp³-hybridized carbons (Fsp3) is 0.267. The molecule has 8 heteroatoms. The van der Waals surface area contributed by atoms with Gasteiger partial charge in [0.05, 0.1) is 13.2 Å². The molecule has 0 bridgehead atoms. The molecule has 0 N–H and O–H groups in total. The minimum absolute atomic E-state index is 0. The van der Waals surface area contributed by atoms with E-state index < -0.39 is 5.97 Å². The van der Waals surface area contributed by atoms with Crippen LogP contribution in [0.4, 0.5) is 0 Å². The van der Waals surface area contributed by atoms with E-state index in [9.17, 15) is 14.4 Å². The van der Waals surface area contributed by atoms with Gasteiger partial charge in [-0.2, -0.15) is 35.9 Å². The summed E-state index contributed by atoms with van der Waals surface area (Å²) < 4.78 is 9.49. The van der Waals surface area contributed by atoms with Gasteiger partial charge in [0.25, 0.3) is 0 Å². The van der Waals surface area contributed by atoms with Gasteiger partial charge in [0.1, 0.15) is 5.78 Å². The molecule has 1 atom stereocenters. The number of esters is 1. The predicted molar refractivity (Wildman–Crippen MR) is 152 cm³/mol. The maximum absolute atomic E-state index is 12.6. The fourth-order valence-corrected chi connectivity index (χ4v) is 4.95. The molecule has 0 spiro atoms. The van der Waals surface area contributed by atoms with Crippen LogP contribution in [0.3, 0.4) is 0 Å². The number of rotatable bonds is 13. The second-order valence-electron chi connectivity index (χ2n) is 7.95. The van der Waals surface area contributed by atoms with E-state index >= 15 is 0 Å². The van der Waals surface area contributed by atoms with E-state index in [1.165, 1.54) is 0 Å². The van der Waals surface area contributed by atoms with Crippen LogP contribution in [-0.2, 0) is 58.2 Å². The molecular formula is C30H32O5S2Y-2. The van der Waals surface area contributed by atoms with Gasteiger partial charge in [0.2, 0.25) is 0 Å². The summed E-state index contributed by atoms with van der Waals surface area (Å²) in [6.45, 7) is 6.18. The van der Waals surface area contributed by atoms with Crippen LogP contribution in [0.15, 0.2) is 78.9 Å². The van der Waals surface area contributed by atoms with Crippen LogP contribution in [0, 0.1) is 13.0 Å². The maximum Gasteiger partial charge on any atom is 0.193 e. The molecule has 0 saturated heterocycles. The molecule has 0 aliphatic heterocycles. The van der Waals surface area contributed by atoms with Crippen LogP contribution in [0.2, 0.25) is 0 Å². The van der Waals surface area contributed by atoms with E-state index in [1.54, 1.807) is 46.9 Å². The third kappa shape index (κ3) is 13.3. The summed E-state index contributed by atoms with van der Waals surface area (Å²) in [5.74, 6) is 1.15. The van der Waals surface area contributed by atoms with Crippen LogP contribution in [0.25, 0.3) is 0 Å².